The second-order valence-electron chi connectivity index (χ2n) is 8.50. The van der Waals surface area contributed by atoms with Crippen LogP contribution >= 0.6 is 0 Å². The molecule has 1 aliphatic rings. The third kappa shape index (κ3) is 4.33. The zero-order valence-corrected chi connectivity index (χ0v) is 19.6. The van der Waals surface area contributed by atoms with E-state index in [9.17, 15) is 9.90 Å². The molecular formula is C26H31N3O4. The second-order valence-corrected chi connectivity index (χ2v) is 8.50. The second kappa shape index (κ2) is 9.67. The van der Waals surface area contributed by atoms with Crippen LogP contribution in [0.1, 0.15) is 58.5 Å². The van der Waals surface area contributed by atoms with Crippen LogP contribution in [0.25, 0.3) is 11.3 Å². The maximum atomic E-state index is 13.3. The van der Waals surface area contributed by atoms with E-state index >= 15 is 0 Å². The van der Waals surface area contributed by atoms with Crippen molar-refractivity contribution in [3.05, 3.63) is 64.3 Å². The Kier molecular flexibility index (Phi) is 6.70. The largest absolute Gasteiger partial charge is 0.507 e. The number of fused-ring (bicyclic) bond motifs is 1. The standard InChI is InChI=1S/C26H31N3O4/c1-5-6-12-33-19-9-7-18(8-10-19)24-21-22(20-15-16(2)14-17(3)25(20)30)27-28-23(21)26(31)29(24)11-13-32-4/h7-10,14-15,24,30H,5-6,11-13H2,1-4H3,(H,27,28). The van der Waals surface area contributed by atoms with Crippen LogP contribution in [0.3, 0.4) is 0 Å². The van der Waals surface area contributed by atoms with Crippen molar-refractivity contribution in [1.29, 1.82) is 0 Å². The highest BCUT2D eigenvalue weighted by Gasteiger charge is 2.42. The molecule has 1 unspecified atom stereocenters. The van der Waals surface area contributed by atoms with Gasteiger partial charge in [-0.25, -0.2) is 0 Å². The van der Waals surface area contributed by atoms with Crippen LogP contribution in [0.2, 0.25) is 0 Å². The molecule has 2 N–H and O–H groups in total. The van der Waals surface area contributed by atoms with E-state index < -0.39 is 0 Å². The summed E-state index contributed by atoms with van der Waals surface area (Å²) < 4.78 is 11.1. The molecule has 0 bridgehead atoms. The molecular weight excluding hydrogens is 418 g/mol. The summed E-state index contributed by atoms with van der Waals surface area (Å²) in [6, 6.07) is 11.4. The Bertz CT molecular complexity index is 1140. The van der Waals surface area contributed by atoms with Crippen LogP contribution in [0.15, 0.2) is 36.4 Å². The lowest BCUT2D eigenvalue weighted by atomic mass is 9.94. The lowest BCUT2D eigenvalue weighted by Gasteiger charge is -2.26. The molecule has 174 valence electrons. The number of ether oxygens (including phenoxy) is 2. The first-order chi connectivity index (χ1) is 16.0. The number of aryl methyl sites for hydroxylation is 2. The third-order valence-electron chi connectivity index (χ3n) is 6.06. The molecule has 7 heteroatoms. The zero-order chi connectivity index (χ0) is 23.5. The average Bonchev–Trinajstić information content (AvgIpc) is 3.34. The van der Waals surface area contributed by atoms with Crippen molar-refractivity contribution < 1.29 is 19.4 Å². The fraction of sp³-hybridized carbons (Fsp3) is 0.385. The number of carbonyl (C=O) groups excluding carboxylic acids is 1. The van der Waals surface area contributed by atoms with Crippen LogP contribution in [0, 0.1) is 13.8 Å². The normalized spacial score (nSPS) is 15.2. The minimum Gasteiger partial charge on any atom is -0.507 e. The predicted molar refractivity (Wildman–Crippen MR) is 127 cm³/mol. The number of carbonyl (C=O) groups is 1. The van der Waals surface area contributed by atoms with Gasteiger partial charge in [0, 0.05) is 24.8 Å². The van der Waals surface area contributed by atoms with E-state index in [0.717, 1.165) is 40.8 Å². The summed E-state index contributed by atoms with van der Waals surface area (Å²) in [6.45, 7) is 7.51. The van der Waals surface area contributed by atoms with E-state index in [4.69, 9.17) is 9.47 Å². The number of hydrogen-bond acceptors (Lipinski definition) is 5. The molecule has 0 saturated carbocycles. The minimum atomic E-state index is -0.346. The Labute approximate surface area is 194 Å². The van der Waals surface area contributed by atoms with Gasteiger partial charge in [0.15, 0.2) is 0 Å². The predicted octanol–water partition coefficient (Wildman–Crippen LogP) is 4.77. The van der Waals surface area contributed by atoms with E-state index in [0.29, 0.717) is 36.7 Å². The van der Waals surface area contributed by atoms with Crippen molar-refractivity contribution in [3.63, 3.8) is 0 Å². The zero-order valence-electron chi connectivity index (χ0n) is 19.6. The molecule has 1 atom stereocenters. The fourth-order valence-corrected chi connectivity index (χ4v) is 4.39. The Morgan fingerprint density at radius 3 is 2.61 bits per heavy atom. The number of aromatic hydroxyl groups is 1. The highest BCUT2D eigenvalue weighted by molar-refractivity contribution is 6.00. The molecule has 1 amide bonds. The van der Waals surface area contributed by atoms with Crippen LogP contribution in [-0.4, -0.2) is 53.0 Å². The number of phenolic OH excluding ortho intramolecular Hbond substituents is 1. The molecule has 0 aliphatic carbocycles. The maximum absolute atomic E-state index is 13.3. The van der Waals surface area contributed by atoms with Crippen molar-refractivity contribution >= 4 is 5.91 Å². The SMILES string of the molecule is CCCCOc1ccc(C2c3c(-c4cc(C)cc(C)c4O)n[nH]c3C(=O)N2CCOC)cc1. The molecule has 0 radical (unpaired) electrons. The van der Waals surface area contributed by atoms with Crippen LogP contribution in [0.4, 0.5) is 0 Å². The van der Waals surface area contributed by atoms with Gasteiger partial charge in [-0.15, -0.1) is 0 Å². The smallest absolute Gasteiger partial charge is 0.273 e. The van der Waals surface area contributed by atoms with Crippen molar-refractivity contribution in [3.8, 4) is 22.8 Å². The fourth-order valence-electron chi connectivity index (χ4n) is 4.39. The Balaban J connectivity index is 1.78. The summed E-state index contributed by atoms with van der Waals surface area (Å²) in [5, 5.41) is 18.2. The maximum Gasteiger partial charge on any atom is 0.273 e. The summed E-state index contributed by atoms with van der Waals surface area (Å²) in [5.41, 5.74) is 5.18. The number of benzene rings is 2. The first-order valence-corrected chi connectivity index (χ1v) is 11.4. The number of aromatic nitrogens is 2. The molecule has 3 aromatic rings. The van der Waals surface area contributed by atoms with Gasteiger partial charge in [-0.05, 0) is 55.2 Å². The number of nitrogens with one attached hydrogen (secondary N) is 1. The van der Waals surface area contributed by atoms with Crippen molar-refractivity contribution in [2.75, 3.05) is 26.9 Å². The van der Waals surface area contributed by atoms with E-state index in [-0.39, 0.29) is 17.7 Å². The minimum absolute atomic E-state index is 0.127. The molecule has 2 aromatic carbocycles. The van der Waals surface area contributed by atoms with Crippen LogP contribution in [0.5, 0.6) is 11.5 Å². The van der Waals surface area contributed by atoms with Crippen molar-refractivity contribution in [2.45, 2.75) is 39.7 Å². The van der Waals surface area contributed by atoms with Gasteiger partial charge in [0.1, 0.15) is 22.9 Å². The molecule has 1 aliphatic heterocycles. The lowest BCUT2D eigenvalue weighted by molar-refractivity contribution is 0.0677. The number of aromatic amines is 1. The van der Waals surface area contributed by atoms with Crippen LogP contribution < -0.4 is 4.74 Å². The van der Waals surface area contributed by atoms with Crippen molar-refractivity contribution in [1.82, 2.24) is 15.1 Å². The third-order valence-corrected chi connectivity index (χ3v) is 6.06. The number of rotatable bonds is 9. The van der Waals surface area contributed by atoms with Gasteiger partial charge in [-0.2, -0.15) is 5.10 Å². The topological polar surface area (TPSA) is 87.7 Å². The van der Waals surface area contributed by atoms with Gasteiger partial charge >= 0.3 is 0 Å². The highest BCUT2D eigenvalue weighted by atomic mass is 16.5. The molecule has 33 heavy (non-hydrogen) atoms. The molecule has 7 nitrogen and oxygen atoms in total. The van der Waals surface area contributed by atoms with E-state index in [1.807, 2.05) is 50.2 Å². The number of nitrogens with zero attached hydrogens (tertiary/aromatic N) is 2. The van der Waals surface area contributed by atoms with Gasteiger partial charge in [-0.1, -0.05) is 31.5 Å². The summed E-state index contributed by atoms with van der Waals surface area (Å²) in [7, 11) is 1.62. The van der Waals surface area contributed by atoms with E-state index in [1.54, 1.807) is 12.0 Å². The quantitative estimate of drug-likeness (QED) is 0.460. The molecule has 4 rings (SSSR count). The number of methoxy groups -OCH3 is 1. The molecule has 1 aromatic heterocycles. The van der Waals surface area contributed by atoms with Gasteiger partial charge in [0.25, 0.3) is 5.91 Å². The van der Waals surface area contributed by atoms with E-state index in [2.05, 4.69) is 17.1 Å². The van der Waals surface area contributed by atoms with Gasteiger partial charge in [0.05, 0.1) is 19.3 Å². The Morgan fingerprint density at radius 1 is 1.15 bits per heavy atom. The first kappa shape index (κ1) is 22.9. The molecule has 0 spiro atoms. The molecule has 0 fully saturated rings. The summed E-state index contributed by atoms with van der Waals surface area (Å²) in [6.07, 6.45) is 2.08. The number of hydrogen-bond donors (Lipinski definition) is 2. The number of unbranched alkanes of at least 4 members (excludes halogenated alkanes) is 1. The van der Waals surface area contributed by atoms with E-state index in [1.165, 1.54) is 0 Å². The average molecular weight is 450 g/mol. The molecule has 2 heterocycles. The summed E-state index contributed by atoms with van der Waals surface area (Å²) in [5.74, 6) is 0.855. The monoisotopic (exact) mass is 449 g/mol. The number of H-pyrrole nitrogens is 1. The van der Waals surface area contributed by atoms with Crippen LogP contribution in [-0.2, 0) is 4.74 Å². The lowest BCUT2D eigenvalue weighted by Crippen LogP contribution is -2.32. The Morgan fingerprint density at radius 2 is 1.91 bits per heavy atom. The molecule has 0 saturated heterocycles. The number of amides is 1. The first-order valence-electron chi connectivity index (χ1n) is 11.4. The van der Waals surface area contributed by atoms with Gasteiger partial charge < -0.3 is 19.5 Å². The highest BCUT2D eigenvalue weighted by Crippen LogP contribution is 2.45. The Hall–Kier alpha value is -3.32. The van der Waals surface area contributed by atoms with Gasteiger partial charge in [0.2, 0.25) is 0 Å². The summed E-state index contributed by atoms with van der Waals surface area (Å²) in [4.78, 5) is 15.1. The summed E-state index contributed by atoms with van der Waals surface area (Å²) >= 11 is 0. The van der Waals surface area contributed by atoms with Crippen molar-refractivity contribution in [2.24, 2.45) is 0 Å². The van der Waals surface area contributed by atoms with Gasteiger partial charge in [-0.3, -0.25) is 9.89 Å². The number of phenols is 1.